The lowest BCUT2D eigenvalue weighted by atomic mass is 9.98. The van der Waals surface area contributed by atoms with Gasteiger partial charge in [-0.1, -0.05) is 30.3 Å². The minimum atomic E-state index is -1.85. The summed E-state index contributed by atoms with van der Waals surface area (Å²) in [5, 5.41) is 38.4. The summed E-state index contributed by atoms with van der Waals surface area (Å²) in [6.45, 7) is -0.449. The van der Waals surface area contributed by atoms with Crippen LogP contribution in [0.25, 0.3) is 0 Å². The third-order valence-corrected chi connectivity index (χ3v) is 3.00. The van der Waals surface area contributed by atoms with Gasteiger partial charge in [0.15, 0.2) is 5.79 Å². The molecule has 1 aliphatic rings. The summed E-state index contributed by atoms with van der Waals surface area (Å²) in [7, 11) is 0. The molecule has 2 rings (SSSR count). The summed E-state index contributed by atoms with van der Waals surface area (Å²) >= 11 is 0. The number of hydrogen-bond acceptors (Lipinski definition) is 5. The van der Waals surface area contributed by atoms with Crippen LogP contribution in [0.5, 0.6) is 0 Å². The molecule has 0 radical (unpaired) electrons. The summed E-state index contributed by atoms with van der Waals surface area (Å²) in [4.78, 5) is 0. The van der Waals surface area contributed by atoms with Crippen molar-refractivity contribution in [1.82, 2.24) is 0 Å². The maximum Gasteiger partial charge on any atom is 0.199 e. The van der Waals surface area contributed by atoms with Gasteiger partial charge < -0.3 is 25.2 Å². The average molecular weight is 240 g/mol. The van der Waals surface area contributed by atoms with Gasteiger partial charge >= 0.3 is 0 Å². The van der Waals surface area contributed by atoms with Gasteiger partial charge in [-0.15, -0.1) is 0 Å². The van der Waals surface area contributed by atoms with Crippen molar-refractivity contribution in [3.8, 4) is 0 Å². The van der Waals surface area contributed by atoms with Gasteiger partial charge in [-0.2, -0.15) is 0 Å². The van der Waals surface area contributed by atoms with Crippen LogP contribution in [0, 0.1) is 0 Å². The molecule has 5 nitrogen and oxygen atoms in total. The molecule has 0 saturated carbocycles. The molecular formula is C12H16O5. The number of aliphatic hydroxyl groups excluding tert-OH is 3. The fourth-order valence-corrected chi connectivity index (χ4v) is 2.05. The number of benzene rings is 1. The van der Waals surface area contributed by atoms with Gasteiger partial charge in [-0.05, 0) is 5.56 Å². The van der Waals surface area contributed by atoms with E-state index in [1.807, 2.05) is 6.07 Å². The molecule has 4 N–H and O–H groups in total. The molecule has 0 amide bonds. The van der Waals surface area contributed by atoms with Gasteiger partial charge in [0.05, 0.1) is 6.61 Å². The molecule has 17 heavy (non-hydrogen) atoms. The quantitative estimate of drug-likeness (QED) is 0.546. The minimum absolute atomic E-state index is 0.0581. The van der Waals surface area contributed by atoms with Crippen LogP contribution >= 0.6 is 0 Å². The van der Waals surface area contributed by atoms with Crippen LogP contribution in [0.1, 0.15) is 5.56 Å². The Morgan fingerprint density at radius 2 is 1.82 bits per heavy atom. The first-order valence-electron chi connectivity index (χ1n) is 5.48. The first-order chi connectivity index (χ1) is 8.07. The van der Waals surface area contributed by atoms with Crippen molar-refractivity contribution >= 4 is 0 Å². The second-order valence-electron chi connectivity index (χ2n) is 4.28. The molecule has 1 aromatic rings. The van der Waals surface area contributed by atoms with E-state index in [1.54, 1.807) is 24.3 Å². The number of hydrogen-bond donors (Lipinski definition) is 4. The number of ether oxygens (including phenoxy) is 1. The Hall–Kier alpha value is -0.980. The molecule has 0 unspecified atom stereocenters. The monoisotopic (exact) mass is 240 g/mol. The predicted molar refractivity (Wildman–Crippen MR) is 59.1 cm³/mol. The smallest absolute Gasteiger partial charge is 0.199 e. The fourth-order valence-electron chi connectivity index (χ4n) is 2.05. The number of aliphatic hydroxyl groups is 4. The van der Waals surface area contributed by atoms with Gasteiger partial charge in [0.25, 0.3) is 0 Å². The molecule has 0 spiro atoms. The lowest BCUT2D eigenvalue weighted by Crippen LogP contribution is -2.44. The third-order valence-electron chi connectivity index (χ3n) is 3.00. The summed E-state index contributed by atoms with van der Waals surface area (Å²) in [5.41, 5.74) is 0.778. The standard InChI is InChI=1S/C12H16O5/c13-7-9-10(14)11(15)12(16,17-9)6-8-4-2-1-3-5-8/h1-5,9-11,13-16H,6-7H2/t9-,10-,11-,12+/m1/s1. The highest BCUT2D eigenvalue weighted by Crippen LogP contribution is 2.31. The van der Waals surface area contributed by atoms with Crippen LogP contribution in [0.2, 0.25) is 0 Å². The Morgan fingerprint density at radius 3 is 2.35 bits per heavy atom. The second kappa shape index (κ2) is 4.72. The molecule has 4 atom stereocenters. The minimum Gasteiger partial charge on any atom is -0.394 e. The summed E-state index contributed by atoms with van der Waals surface area (Å²) in [6, 6.07) is 9.02. The van der Waals surface area contributed by atoms with Crippen LogP contribution < -0.4 is 0 Å². The molecule has 5 heteroatoms. The van der Waals surface area contributed by atoms with Gasteiger partial charge in [0.1, 0.15) is 18.3 Å². The lowest BCUT2D eigenvalue weighted by Gasteiger charge is -2.26. The molecule has 0 aromatic heterocycles. The maximum absolute atomic E-state index is 10.1. The van der Waals surface area contributed by atoms with E-state index in [-0.39, 0.29) is 6.42 Å². The highest BCUT2D eigenvalue weighted by Gasteiger charge is 2.52. The first-order valence-corrected chi connectivity index (χ1v) is 5.48. The van der Waals surface area contributed by atoms with Crippen molar-refractivity contribution in [2.45, 2.75) is 30.5 Å². The van der Waals surface area contributed by atoms with Crippen LogP contribution in [-0.4, -0.2) is 51.1 Å². The van der Waals surface area contributed by atoms with E-state index in [2.05, 4.69) is 0 Å². The first kappa shape index (κ1) is 12.5. The molecule has 1 heterocycles. The van der Waals surface area contributed by atoms with Crippen molar-refractivity contribution in [2.75, 3.05) is 6.61 Å². The van der Waals surface area contributed by atoms with Crippen LogP contribution in [-0.2, 0) is 11.2 Å². The Balaban J connectivity index is 2.15. The van der Waals surface area contributed by atoms with Crippen LogP contribution in [0.3, 0.4) is 0 Å². The van der Waals surface area contributed by atoms with Crippen molar-refractivity contribution in [1.29, 1.82) is 0 Å². The maximum atomic E-state index is 10.1. The lowest BCUT2D eigenvalue weighted by molar-refractivity contribution is -0.229. The topological polar surface area (TPSA) is 90.2 Å². The van der Waals surface area contributed by atoms with Crippen molar-refractivity contribution in [3.63, 3.8) is 0 Å². The zero-order valence-corrected chi connectivity index (χ0v) is 9.23. The Kier molecular flexibility index (Phi) is 3.46. The zero-order chi connectivity index (χ0) is 12.5. The van der Waals surface area contributed by atoms with Crippen molar-refractivity contribution in [2.24, 2.45) is 0 Å². The molecule has 0 bridgehead atoms. The molecule has 1 fully saturated rings. The SMILES string of the molecule is OC[C@H]1O[C@@](O)(Cc2ccccc2)[C@H](O)[C@@H]1O. The Bertz CT molecular complexity index is 368. The second-order valence-corrected chi connectivity index (χ2v) is 4.28. The fraction of sp³-hybridized carbons (Fsp3) is 0.500. The average Bonchev–Trinajstić information content (AvgIpc) is 2.55. The zero-order valence-electron chi connectivity index (χ0n) is 9.23. The van der Waals surface area contributed by atoms with Crippen molar-refractivity contribution in [3.05, 3.63) is 35.9 Å². The van der Waals surface area contributed by atoms with Gasteiger partial charge in [0, 0.05) is 6.42 Å². The van der Waals surface area contributed by atoms with E-state index < -0.39 is 30.7 Å². The molecular weight excluding hydrogens is 224 g/mol. The van der Waals surface area contributed by atoms with Gasteiger partial charge in [-0.3, -0.25) is 0 Å². The van der Waals surface area contributed by atoms with E-state index in [0.29, 0.717) is 0 Å². The van der Waals surface area contributed by atoms with E-state index in [9.17, 15) is 15.3 Å². The molecule has 1 aliphatic heterocycles. The van der Waals surface area contributed by atoms with Gasteiger partial charge in [0.2, 0.25) is 0 Å². The third kappa shape index (κ3) is 2.34. The normalized spacial score (nSPS) is 37.3. The summed E-state index contributed by atoms with van der Waals surface area (Å²) in [5.74, 6) is -1.85. The summed E-state index contributed by atoms with van der Waals surface area (Å²) in [6.07, 6.45) is -3.62. The molecule has 1 saturated heterocycles. The highest BCUT2D eigenvalue weighted by atomic mass is 16.7. The molecule has 1 aromatic carbocycles. The highest BCUT2D eigenvalue weighted by molar-refractivity contribution is 5.17. The van der Waals surface area contributed by atoms with E-state index >= 15 is 0 Å². The Morgan fingerprint density at radius 1 is 1.18 bits per heavy atom. The van der Waals surface area contributed by atoms with Crippen LogP contribution in [0.4, 0.5) is 0 Å². The Labute approximate surface area is 98.9 Å². The molecule has 0 aliphatic carbocycles. The van der Waals surface area contributed by atoms with Crippen LogP contribution in [0.15, 0.2) is 30.3 Å². The van der Waals surface area contributed by atoms with E-state index in [0.717, 1.165) is 5.56 Å². The van der Waals surface area contributed by atoms with Crippen molar-refractivity contribution < 1.29 is 25.2 Å². The molecule has 94 valence electrons. The van der Waals surface area contributed by atoms with E-state index in [1.165, 1.54) is 0 Å². The van der Waals surface area contributed by atoms with E-state index in [4.69, 9.17) is 9.84 Å². The number of rotatable bonds is 3. The predicted octanol–water partition coefficient (Wildman–Crippen LogP) is -0.969. The largest absolute Gasteiger partial charge is 0.394 e. The van der Waals surface area contributed by atoms with Gasteiger partial charge in [-0.25, -0.2) is 0 Å². The summed E-state index contributed by atoms with van der Waals surface area (Å²) < 4.78 is 5.13.